The van der Waals surface area contributed by atoms with Crippen LogP contribution in [0.3, 0.4) is 0 Å². The fourth-order valence-corrected chi connectivity index (χ4v) is 2.91. The standard InChI is InChI=1S/C13H8O2S2/c14-13-6-11(10-2-4-17-8-10)12(15-13)5-9-1-3-16-7-9/h1-8H/b12-5-. The first kappa shape index (κ1) is 10.5. The fourth-order valence-electron chi connectivity index (χ4n) is 1.64. The molecule has 2 aromatic heterocycles. The predicted octanol–water partition coefficient (Wildman–Crippen LogP) is 3.79. The van der Waals surface area contributed by atoms with E-state index in [9.17, 15) is 4.79 Å². The maximum Gasteiger partial charge on any atom is 0.336 e. The zero-order valence-corrected chi connectivity index (χ0v) is 10.4. The number of hydrogen-bond donors (Lipinski definition) is 0. The molecule has 2 aromatic rings. The molecule has 0 atom stereocenters. The van der Waals surface area contributed by atoms with E-state index in [2.05, 4.69) is 0 Å². The topological polar surface area (TPSA) is 26.3 Å². The van der Waals surface area contributed by atoms with Crippen molar-refractivity contribution < 1.29 is 9.53 Å². The highest BCUT2D eigenvalue weighted by Crippen LogP contribution is 2.32. The Morgan fingerprint density at radius 2 is 1.94 bits per heavy atom. The lowest BCUT2D eigenvalue weighted by Gasteiger charge is -2.01. The number of rotatable bonds is 2. The predicted molar refractivity (Wildman–Crippen MR) is 70.7 cm³/mol. The van der Waals surface area contributed by atoms with Gasteiger partial charge in [-0.25, -0.2) is 4.79 Å². The normalized spacial score (nSPS) is 17.3. The van der Waals surface area contributed by atoms with Gasteiger partial charge in [-0.15, -0.1) is 0 Å². The summed E-state index contributed by atoms with van der Waals surface area (Å²) >= 11 is 3.22. The van der Waals surface area contributed by atoms with Crippen molar-refractivity contribution in [2.45, 2.75) is 0 Å². The van der Waals surface area contributed by atoms with Crippen molar-refractivity contribution >= 4 is 40.3 Å². The van der Waals surface area contributed by atoms with E-state index in [0.29, 0.717) is 5.76 Å². The molecular weight excluding hydrogens is 252 g/mol. The molecular formula is C13H8O2S2. The summed E-state index contributed by atoms with van der Waals surface area (Å²) in [4.78, 5) is 11.4. The van der Waals surface area contributed by atoms with Gasteiger partial charge in [0.15, 0.2) is 0 Å². The van der Waals surface area contributed by atoms with Crippen LogP contribution in [0.2, 0.25) is 0 Å². The quantitative estimate of drug-likeness (QED) is 0.768. The van der Waals surface area contributed by atoms with E-state index in [1.54, 1.807) is 28.7 Å². The van der Waals surface area contributed by atoms with Crippen molar-refractivity contribution in [1.82, 2.24) is 0 Å². The van der Waals surface area contributed by atoms with Crippen LogP contribution in [-0.2, 0) is 9.53 Å². The summed E-state index contributed by atoms with van der Waals surface area (Å²) in [6.45, 7) is 0. The van der Waals surface area contributed by atoms with Gasteiger partial charge < -0.3 is 4.74 Å². The van der Waals surface area contributed by atoms with Crippen molar-refractivity contribution in [3.63, 3.8) is 0 Å². The number of carbonyl (C=O) groups is 1. The molecule has 0 amide bonds. The van der Waals surface area contributed by atoms with Gasteiger partial charge >= 0.3 is 5.97 Å². The van der Waals surface area contributed by atoms with Gasteiger partial charge in [-0.3, -0.25) is 0 Å². The number of cyclic esters (lactones) is 1. The summed E-state index contributed by atoms with van der Waals surface area (Å²) in [5.74, 6) is 0.333. The molecule has 0 N–H and O–H groups in total. The molecule has 0 spiro atoms. The van der Waals surface area contributed by atoms with Gasteiger partial charge in [0.25, 0.3) is 0 Å². The van der Waals surface area contributed by atoms with Crippen molar-refractivity contribution in [1.29, 1.82) is 0 Å². The van der Waals surface area contributed by atoms with Gasteiger partial charge in [0, 0.05) is 11.6 Å². The lowest BCUT2D eigenvalue weighted by molar-refractivity contribution is -0.132. The smallest absolute Gasteiger partial charge is 0.336 e. The summed E-state index contributed by atoms with van der Waals surface area (Å²) in [6.07, 6.45) is 3.44. The lowest BCUT2D eigenvalue weighted by Crippen LogP contribution is -1.90. The first-order valence-corrected chi connectivity index (χ1v) is 6.92. The van der Waals surface area contributed by atoms with E-state index in [-0.39, 0.29) is 5.97 Å². The summed E-state index contributed by atoms with van der Waals surface area (Å²) in [5.41, 5.74) is 2.95. The van der Waals surface area contributed by atoms with Crippen LogP contribution in [0.15, 0.2) is 45.5 Å². The number of ether oxygens (including phenoxy) is 1. The Balaban J connectivity index is 2.01. The van der Waals surface area contributed by atoms with Gasteiger partial charge in [0.2, 0.25) is 0 Å². The maximum absolute atomic E-state index is 11.4. The van der Waals surface area contributed by atoms with Crippen LogP contribution < -0.4 is 0 Å². The number of thiophene rings is 2. The minimum absolute atomic E-state index is 0.298. The van der Waals surface area contributed by atoms with E-state index in [0.717, 1.165) is 16.7 Å². The number of allylic oxidation sites excluding steroid dienone is 1. The van der Waals surface area contributed by atoms with Crippen LogP contribution in [0.25, 0.3) is 11.6 Å². The van der Waals surface area contributed by atoms with Crippen LogP contribution in [-0.4, -0.2) is 5.97 Å². The van der Waals surface area contributed by atoms with Gasteiger partial charge in [0.1, 0.15) is 5.76 Å². The molecule has 0 unspecified atom stereocenters. The van der Waals surface area contributed by atoms with Crippen molar-refractivity contribution in [2.75, 3.05) is 0 Å². The molecule has 1 aliphatic rings. The van der Waals surface area contributed by atoms with Crippen LogP contribution >= 0.6 is 22.7 Å². The Kier molecular flexibility index (Phi) is 2.66. The largest absolute Gasteiger partial charge is 0.423 e. The van der Waals surface area contributed by atoms with Crippen LogP contribution in [0.4, 0.5) is 0 Å². The number of hydrogen-bond acceptors (Lipinski definition) is 4. The maximum atomic E-state index is 11.4. The molecule has 0 fully saturated rings. The van der Waals surface area contributed by atoms with Crippen molar-refractivity contribution in [3.8, 4) is 0 Å². The Morgan fingerprint density at radius 3 is 2.65 bits per heavy atom. The Morgan fingerprint density at radius 1 is 1.12 bits per heavy atom. The molecule has 1 aliphatic heterocycles. The summed E-state index contributed by atoms with van der Waals surface area (Å²) in [7, 11) is 0. The van der Waals surface area contributed by atoms with Crippen LogP contribution in [0.1, 0.15) is 11.1 Å². The third-order valence-corrected chi connectivity index (χ3v) is 3.80. The second-order valence-electron chi connectivity index (χ2n) is 3.56. The molecule has 4 heteroatoms. The molecule has 3 rings (SSSR count). The van der Waals surface area contributed by atoms with Gasteiger partial charge in [-0.05, 0) is 50.9 Å². The van der Waals surface area contributed by atoms with Crippen LogP contribution in [0.5, 0.6) is 0 Å². The van der Waals surface area contributed by atoms with Crippen LogP contribution in [0, 0.1) is 0 Å². The van der Waals surface area contributed by atoms with E-state index >= 15 is 0 Å². The van der Waals surface area contributed by atoms with Gasteiger partial charge in [0.05, 0.1) is 0 Å². The first-order chi connectivity index (χ1) is 8.33. The minimum atomic E-state index is -0.298. The Hall–Kier alpha value is -1.65. The van der Waals surface area contributed by atoms with E-state index in [1.165, 1.54) is 0 Å². The third-order valence-electron chi connectivity index (χ3n) is 2.41. The molecule has 0 saturated carbocycles. The molecule has 0 saturated heterocycles. The first-order valence-electron chi connectivity index (χ1n) is 5.03. The van der Waals surface area contributed by atoms with Crippen molar-refractivity contribution in [2.24, 2.45) is 0 Å². The molecule has 0 aromatic carbocycles. The van der Waals surface area contributed by atoms with E-state index in [4.69, 9.17) is 4.74 Å². The molecule has 17 heavy (non-hydrogen) atoms. The minimum Gasteiger partial charge on any atom is -0.423 e. The summed E-state index contributed by atoms with van der Waals surface area (Å²) < 4.78 is 5.21. The Labute approximate surface area is 106 Å². The highest BCUT2D eigenvalue weighted by Gasteiger charge is 2.21. The highest BCUT2D eigenvalue weighted by atomic mass is 32.1. The monoisotopic (exact) mass is 260 g/mol. The van der Waals surface area contributed by atoms with Gasteiger partial charge in [-0.2, -0.15) is 22.7 Å². The second-order valence-corrected chi connectivity index (χ2v) is 5.12. The molecule has 2 nitrogen and oxygen atoms in total. The second kappa shape index (κ2) is 4.31. The summed E-state index contributed by atoms with van der Waals surface area (Å²) in [5, 5.41) is 8.01. The zero-order chi connectivity index (χ0) is 11.7. The SMILES string of the molecule is O=C1C=C(c2ccsc2)/C(=C/c2ccsc2)O1. The fraction of sp³-hybridized carbons (Fsp3) is 0. The highest BCUT2D eigenvalue weighted by molar-refractivity contribution is 7.08. The third kappa shape index (κ3) is 2.09. The molecule has 84 valence electrons. The molecule has 0 radical (unpaired) electrons. The van der Waals surface area contributed by atoms with Crippen molar-refractivity contribution in [3.05, 3.63) is 56.6 Å². The summed E-state index contributed by atoms with van der Waals surface area (Å²) in [6, 6.07) is 3.98. The number of esters is 1. The average molecular weight is 260 g/mol. The Bertz CT molecular complexity index is 589. The van der Waals surface area contributed by atoms with E-state index < -0.39 is 0 Å². The average Bonchev–Trinajstić information content (AvgIpc) is 3.00. The molecule has 3 heterocycles. The van der Waals surface area contributed by atoms with E-state index in [1.807, 2.05) is 39.7 Å². The molecule has 0 aliphatic carbocycles. The lowest BCUT2D eigenvalue weighted by atomic mass is 10.1. The number of carbonyl (C=O) groups excluding carboxylic acids is 1. The molecule has 0 bridgehead atoms. The van der Waals surface area contributed by atoms with Gasteiger partial charge in [-0.1, -0.05) is 0 Å². The zero-order valence-electron chi connectivity index (χ0n) is 8.75.